The molecular weight excluding hydrogens is 448 g/mol. The van der Waals surface area contributed by atoms with Gasteiger partial charge in [0, 0.05) is 11.3 Å². The van der Waals surface area contributed by atoms with Crippen LogP contribution in [-0.4, -0.2) is 24.6 Å². The Morgan fingerprint density at radius 2 is 1.61 bits per heavy atom. The van der Waals surface area contributed by atoms with E-state index in [0.29, 0.717) is 12.0 Å². The van der Waals surface area contributed by atoms with Gasteiger partial charge in [0.2, 0.25) is 0 Å². The fourth-order valence-electron chi connectivity index (χ4n) is 10.6. The van der Waals surface area contributed by atoms with Crippen LogP contribution in [0.3, 0.4) is 0 Å². The molecule has 4 fully saturated rings. The second-order valence-corrected chi connectivity index (χ2v) is 15.2. The zero-order valence-corrected chi connectivity index (χ0v) is 23.8. The van der Waals surface area contributed by atoms with E-state index in [1.165, 1.54) is 12.7 Å². The van der Waals surface area contributed by atoms with Gasteiger partial charge in [-0.25, -0.2) is 0 Å². The van der Waals surface area contributed by atoms with Gasteiger partial charge in [-0.05, 0) is 96.5 Å². The molecule has 0 N–H and O–H groups in total. The normalized spacial score (nSPS) is 47.1. The molecule has 0 heterocycles. The first-order valence-electron chi connectivity index (χ1n) is 14.1. The third-order valence-electron chi connectivity index (χ3n) is 12.6. The van der Waals surface area contributed by atoms with E-state index in [2.05, 4.69) is 55.0 Å². The average molecular weight is 495 g/mol. The number of carbonyl (C=O) groups is 3. The SMILES string of the molecule is C=C1C[C@]2(C)[C@H]3C(=O)C=C4[C@@H]5CC(C)(C)CC[C@]5(C(=O)OC)CC[C@@]4(C)[C@]3(C)CC[C@H]2C(C)(C)C1=O. The number of Topliss-reactive ketones (excluding diaryl/α,β-unsaturated/α-hetero) is 1. The summed E-state index contributed by atoms with van der Waals surface area (Å²) in [6, 6.07) is 0. The van der Waals surface area contributed by atoms with Crippen molar-refractivity contribution in [1.82, 2.24) is 0 Å². The van der Waals surface area contributed by atoms with Gasteiger partial charge in [0.05, 0.1) is 12.5 Å². The molecule has 0 radical (unpaired) electrons. The number of hydrogen-bond donors (Lipinski definition) is 0. The zero-order valence-electron chi connectivity index (χ0n) is 23.8. The summed E-state index contributed by atoms with van der Waals surface area (Å²) in [6.07, 6.45) is 8.93. The number of ketones is 2. The van der Waals surface area contributed by atoms with Crippen LogP contribution in [-0.2, 0) is 19.1 Å². The molecule has 0 saturated heterocycles. The molecule has 4 saturated carbocycles. The highest BCUT2D eigenvalue weighted by atomic mass is 16.5. The third kappa shape index (κ3) is 2.96. The van der Waals surface area contributed by atoms with Crippen LogP contribution in [0.1, 0.15) is 99.8 Å². The van der Waals surface area contributed by atoms with Crippen LogP contribution in [0.4, 0.5) is 0 Å². The maximum atomic E-state index is 14.4. The second-order valence-electron chi connectivity index (χ2n) is 15.2. The maximum absolute atomic E-state index is 14.4. The van der Waals surface area contributed by atoms with Crippen LogP contribution in [0.15, 0.2) is 23.8 Å². The third-order valence-corrected chi connectivity index (χ3v) is 12.6. The van der Waals surface area contributed by atoms with E-state index in [-0.39, 0.29) is 56.9 Å². The topological polar surface area (TPSA) is 60.4 Å². The van der Waals surface area contributed by atoms with Gasteiger partial charge in [-0.3, -0.25) is 14.4 Å². The predicted molar refractivity (Wildman–Crippen MR) is 141 cm³/mol. The molecule has 0 amide bonds. The van der Waals surface area contributed by atoms with Crippen LogP contribution in [0.2, 0.25) is 0 Å². The summed E-state index contributed by atoms with van der Waals surface area (Å²) in [5, 5.41) is 0. The number of carbonyl (C=O) groups excluding carboxylic acids is 3. The highest BCUT2D eigenvalue weighted by Crippen LogP contribution is 2.75. The summed E-state index contributed by atoms with van der Waals surface area (Å²) < 4.78 is 5.43. The first-order valence-corrected chi connectivity index (χ1v) is 14.1. The quantitative estimate of drug-likeness (QED) is 0.295. The monoisotopic (exact) mass is 494 g/mol. The Hall–Kier alpha value is -1.71. The number of hydrogen-bond acceptors (Lipinski definition) is 4. The Labute approximate surface area is 217 Å². The smallest absolute Gasteiger partial charge is 0.312 e. The minimum atomic E-state index is -0.520. The lowest BCUT2D eigenvalue weighted by molar-refractivity contribution is -0.188. The Kier molecular flexibility index (Phi) is 5.36. The fraction of sp³-hybridized carbons (Fsp3) is 0.781. The predicted octanol–water partition coefficient (Wildman–Crippen LogP) is 6.88. The van der Waals surface area contributed by atoms with Gasteiger partial charge in [-0.2, -0.15) is 0 Å². The van der Waals surface area contributed by atoms with Crippen molar-refractivity contribution in [1.29, 1.82) is 0 Å². The van der Waals surface area contributed by atoms with Gasteiger partial charge in [0.25, 0.3) is 0 Å². The van der Waals surface area contributed by atoms with Crippen molar-refractivity contribution in [2.24, 2.45) is 50.2 Å². The number of fused-ring (bicyclic) bond motifs is 7. The molecule has 7 atom stereocenters. The Bertz CT molecular complexity index is 1090. The van der Waals surface area contributed by atoms with Crippen molar-refractivity contribution in [3.05, 3.63) is 23.8 Å². The fourth-order valence-corrected chi connectivity index (χ4v) is 10.6. The first-order chi connectivity index (χ1) is 16.5. The molecule has 0 aromatic heterocycles. The lowest BCUT2D eigenvalue weighted by Crippen LogP contribution is -2.67. The van der Waals surface area contributed by atoms with Crippen molar-refractivity contribution in [2.45, 2.75) is 99.8 Å². The summed E-state index contributed by atoms with van der Waals surface area (Å²) in [5.74, 6) is 0.339. The summed E-state index contributed by atoms with van der Waals surface area (Å²) in [4.78, 5) is 40.9. The molecule has 5 aliphatic rings. The molecule has 5 aliphatic carbocycles. The largest absolute Gasteiger partial charge is 0.469 e. The summed E-state index contributed by atoms with van der Waals surface area (Å²) in [7, 11) is 1.51. The molecular formula is C32H46O4. The Morgan fingerprint density at radius 1 is 0.972 bits per heavy atom. The number of allylic oxidation sites excluding steroid dienone is 3. The van der Waals surface area contributed by atoms with E-state index < -0.39 is 10.8 Å². The van der Waals surface area contributed by atoms with Crippen molar-refractivity contribution in [3.8, 4) is 0 Å². The van der Waals surface area contributed by atoms with Crippen molar-refractivity contribution < 1.29 is 19.1 Å². The minimum absolute atomic E-state index is 0.0408. The van der Waals surface area contributed by atoms with Crippen LogP contribution in [0.5, 0.6) is 0 Å². The molecule has 0 unspecified atom stereocenters. The first kappa shape index (κ1) is 25.9. The minimum Gasteiger partial charge on any atom is -0.469 e. The van der Waals surface area contributed by atoms with Gasteiger partial charge < -0.3 is 4.74 Å². The van der Waals surface area contributed by atoms with E-state index in [1.54, 1.807) is 0 Å². The molecule has 4 nitrogen and oxygen atoms in total. The summed E-state index contributed by atoms with van der Waals surface area (Å²) >= 11 is 0. The summed E-state index contributed by atoms with van der Waals surface area (Å²) in [5.41, 5.74) is 0.302. The van der Waals surface area contributed by atoms with E-state index >= 15 is 0 Å². The Morgan fingerprint density at radius 3 is 2.25 bits per heavy atom. The zero-order chi connectivity index (χ0) is 26.7. The van der Waals surface area contributed by atoms with Crippen LogP contribution < -0.4 is 0 Å². The van der Waals surface area contributed by atoms with Crippen LogP contribution in [0, 0.1) is 50.2 Å². The standard InChI is InChI=1S/C32H46O4/c1-19-17-29(6)23(28(4,5)25(19)34)10-11-31(8)24(29)22(33)16-20-21-18-27(2,3)12-14-32(21,26(35)36-9)15-13-30(20,31)7/h16,21,23-24H,1,10-15,17-18H2,2-9H3/t21-,23-,24+,29-,30+,31+,32-/m0/s1. The molecule has 5 rings (SSSR count). The molecule has 0 spiro atoms. The summed E-state index contributed by atoms with van der Waals surface area (Å²) in [6.45, 7) is 19.9. The molecule has 198 valence electrons. The van der Waals surface area contributed by atoms with Gasteiger partial charge in [-0.15, -0.1) is 0 Å². The molecule has 0 aliphatic heterocycles. The lowest BCUT2D eigenvalue weighted by atomic mass is 9.33. The van der Waals surface area contributed by atoms with Gasteiger partial charge in [-0.1, -0.05) is 60.6 Å². The van der Waals surface area contributed by atoms with Gasteiger partial charge >= 0.3 is 5.97 Å². The van der Waals surface area contributed by atoms with Crippen LogP contribution in [0.25, 0.3) is 0 Å². The van der Waals surface area contributed by atoms with Crippen LogP contribution >= 0.6 is 0 Å². The van der Waals surface area contributed by atoms with Crippen molar-refractivity contribution >= 4 is 17.5 Å². The lowest BCUT2D eigenvalue weighted by Gasteiger charge is -2.69. The van der Waals surface area contributed by atoms with Gasteiger partial charge in [0.1, 0.15) is 0 Å². The molecule has 4 heteroatoms. The molecule has 0 aromatic rings. The second kappa shape index (κ2) is 7.44. The van der Waals surface area contributed by atoms with E-state index in [9.17, 15) is 14.4 Å². The van der Waals surface area contributed by atoms with E-state index in [4.69, 9.17) is 4.74 Å². The maximum Gasteiger partial charge on any atom is 0.312 e. The highest BCUT2D eigenvalue weighted by Gasteiger charge is 2.71. The number of rotatable bonds is 1. The highest BCUT2D eigenvalue weighted by molar-refractivity contribution is 6.01. The molecule has 0 aromatic carbocycles. The number of methoxy groups -OCH3 is 1. The average Bonchev–Trinajstić information content (AvgIpc) is 2.78. The van der Waals surface area contributed by atoms with E-state index in [0.717, 1.165) is 44.9 Å². The number of esters is 1. The van der Waals surface area contributed by atoms with E-state index in [1.807, 2.05) is 6.08 Å². The Balaban J connectivity index is 1.67. The molecule has 36 heavy (non-hydrogen) atoms. The number of ether oxygens (including phenoxy) is 1. The molecule has 0 bridgehead atoms. The van der Waals surface area contributed by atoms with Crippen molar-refractivity contribution in [3.63, 3.8) is 0 Å². The van der Waals surface area contributed by atoms with Gasteiger partial charge in [0.15, 0.2) is 11.6 Å². The van der Waals surface area contributed by atoms with Crippen molar-refractivity contribution in [2.75, 3.05) is 7.11 Å².